The van der Waals surface area contributed by atoms with Gasteiger partial charge in [-0.15, -0.1) is 11.3 Å². The molecule has 1 amide bonds. The second kappa shape index (κ2) is 9.38. The molecule has 8 heteroatoms. The van der Waals surface area contributed by atoms with Gasteiger partial charge in [-0.25, -0.2) is 4.79 Å². The Morgan fingerprint density at radius 1 is 1.21 bits per heavy atom. The number of carbonyl (C=O) groups is 2. The Balaban J connectivity index is 1.91. The van der Waals surface area contributed by atoms with E-state index in [2.05, 4.69) is 11.9 Å². The van der Waals surface area contributed by atoms with Gasteiger partial charge in [0.15, 0.2) is 11.5 Å². The Labute approximate surface area is 195 Å². The number of carboxylic acid groups (broad SMARTS) is 1. The van der Waals surface area contributed by atoms with Gasteiger partial charge in [-0.1, -0.05) is 36.9 Å². The van der Waals surface area contributed by atoms with Crippen LogP contribution in [0.25, 0.3) is 11.1 Å². The van der Waals surface area contributed by atoms with Gasteiger partial charge in [0.05, 0.1) is 19.9 Å². The van der Waals surface area contributed by atoms with E-state index in [1.807, 2.05) is 12.1 Å². The van der Waals surface area contributed by atoms with Gasteiger partial charge < -0.3 is 24.6 Å². The topological polar surface area (TPSA) is 94.1 Å². The molecule has 2 heterocycles. The Morgan fingerprint density at radius 3 is 2.61 bits per heavy atom. The zero-order valence-electron chi connectivity index (χ0n) is 18.2. The molecule has 170 valence electrons. The van der Waals surface area contributed by atoms with Gasteiger partial charge in [-0.2, -0.15) is 0 Å². The lowest BCUT2D eigenvalue weighted by Crippen LogP contribution is -2.23. The number of hydrogen-bond acceptors (Lipinski definition) is 6. The van der Waals surface area contributed by atoms with Crippen LogP contribution in [0.2, 0.25) is 0 Å². The van der Waals surface area contributed by atoms with E-state index in [0.29, 0.717) is 34.1 Å². The number of anilines is 1. The molecule has 4 rings (SSSR count). The molecular formula is C25H23NO6S. The first-order chi connectivity index (χ1) is 16.0. The van der Waals surface area contributed by atoms with Crippen LogP contribution in [-0.2, 0) is 4.79 Å². The highest BCUT2D eigenvalue weighted by molar-refractivity contribution is 7.15. The minimum absolute atomic E-state index is 0.159. The number of thiophene rings is 1. The summed E-state index contributed by atoms with van der Waals surface area (Å²) in [5.74, 6) is 0.0614. The molecule has 3 aromatic rings. The van der Waals surface area contributed by atoms with Gasteiger partial charge in [0.2, 0.25) is 5.91 Å². The third kappa shape index (κ3) is 4.17. The van der Waals surface area contributed by atoms with Crippen LogP contribution in [0.4, 0.5) is 5.69 Å². The summed E-state index contributed by atoms with van der Waals surface area (Å²) in [5, 5.41) is 12.9. The van der Waals surface area contributed by atoms with E-state index in [1.54, 1.807) is 50.6 Å². The maximum Gasteiger partial charge on any atom is 0.346 e. The van der Waals surface area contributed by atoms with Gasteiger partial charge in [0.1, 0.15) is 17.2 Å². The predicted octanol–water partition coefficient (Wildman–Crippen LogP) is 5.17. The van der Waals surface area contributed by atoms with Gasteiger partial charge in [0, 0.05) is 28.3 Å². The number of rotatable bonds is 8. The zero-order chi connectivity index (χ0) is 23.5. The number of fused-ring (bicyclic) bond motifs is 1. The molecule has 0 unspecified atom stereocenters. The molecule has 0 bridgehead atoms. The van der Waals surface area contributed by atoms with Crippen molar-refractivity contribution in [3.8, 4) is 28.4 Å². The van der Waals surface area contributed by atoms with Crippen LogP contribution in [0.3, 0.4) is 0 Å². The fraction of sp³-hybridized carbons (Fsp3) is 0.200. The summed E-state index contributed by atoms with van der Waals surface area (Å²) in [6.07, 6.45) is 1.79. The molecule has 7 nitrogen and oxygen atoms in total. The number of ether oxygens (including phenoxy) is 3. The summed E-state index contributed by atoms with van der Waals surface area (Å²) < 4.78 is 16.6. The van der Waals surface area contributed by atoms with E-state index in [0.717, 1.165) is 21.8 Å². The second-order valence-electron chi connectivity index (χ2n) is 7.36. The lowest BCUT2D eigenvalue weighted by molar-refractivity contribution is -0.116. The molecule has 0 aliphatic carbocycles. The highest BCUT2D eigenvalue weighted by atomic mass is 32.1. The maximum atomic E-state index is 12.8. The van der Waals surface area contributed by atoms with Crippen LogP contribution < -0.4 is 19.5 Å². The fourth-order valence-corrected chi connectivity index (χ4v) is 5.22. The second-order valence-corrected chi connectivity index (χ2v) is 8.41. The Bertz CT molecular complexity index is 1210. The number of benzene rings is 2. The van der Waals surface area contributed by atoms with E-state index >= 15 is 0 Å². The maximum absolute atomic E-state index is 12.8. The third-order valence-corrected chi connectivity index (χ3v) is 6.72. The van der Waals surface area contributed by atoms with Crippen molar-refractivity contribution in [2.75, 3.05) is 26.1 Å². The van der Waals surface area contributed by atoms with E-state index in [-0.39, 0.29) is 23.8 Å². The molecule has 1 atom stereocenters. The van der Waals surface area contributed by atoms with E-state index < -0.39 is 11.9 Å². The number of aromatic carboxylic acids is 1. The Kier molecular flexibility index (Phi) is 6.37. The smallest absolute Gasteiger partial charge is 0.346 e. The van der Waals surface area contributed by atoms with Crippen molar-refractivity contribution in [3.63, 3.8) is 0 Å². The normalized spacial score (nSPS) is 14.7. The number of nitrogens with one attached hydrogen (secondary N) is 1. The first kappa shape index (κ1) is 22.4. The van der Waals surface area contributed by atoms with Gasteiger partial charge in [0.25, 0.3) is 0 Å². The van der Waals surface area contributed by atoms with E-state index in [9.17, 15) is 14.7 Å². The van der Waals surface area contributed by atoms with Crippen LogP contribution in [-0.4, -0.2) is 37.8 Å². The lowest BCUT2D eigenvalue weighted by Gasteiger charge is -2.26. The molecule has 2 N–H and O–H groups in total. The first-order valence-electron chi connectivity index (χ1n) is 10.2. The number of para-hydroxylation sites is 1. The number of hydrogen-bond donors (Lipinski definition) is 2. The standard InChI is InChI=1S/C25H23NO6S/c1-4-12-32-22-16(6-5-7-18(22)31-3)17-13-19(27)26-21-20(24(25(28)29)33-23(17)21)14-8-10-15(30-2)11-9-14/h4-11,17H,1,12-13H2,2-3H3,(H,26,27)(H,28,29)/t17-/m1/s1. The van der Waals surface area contributed by atoms with Gasteiger partial charge in [-0.05, 0) is 23.8 Å². The molecule has 0 radical (unpaired) electrons. The summed E-state index contributed by atoms with van der Waals surface area (Å²) in [7, 11) is 3.11. The van der Waals surface area contributed by atoms with Crippen LogP contribution in [0.5, 0.6) is 17.2 Å². The van der Waals surface area contributed by atoms with Crippen molar-refractivity contribution < 1.29 is 28.9 Å². The number of carboxylic acids is 1. The Morgan fingerprint density at radius 2 is 1.97 bits per heavy atom. The predicted molar refractivity (Wildman–Crippen MR) is 127 cm³/mol. The van der Waals surface area contributed by atoms with Crippen LogP contribution in [0, 0.1) is 0 Å². The summed E-state index contributed by atoms with van der Waals surface area (Å²) >= 11 is 1.16. The van der Waals surface area contributed by atoms with Crippen molar-refractivity contribution in [1.82, 2.24) is 0 Å². The van der Waals surface area contributed by atoms with Gasteiger partial charge >= 0.3 is 5.97 Å². The van der Waals surface area contributed by atoms with Crippen molar-refractivity contribution >= 4 is 28.9 Å². The summed E-state index contributed by atoms with van der Waals surface area (Å²) in [4.78, 5) is 25.9. The summed E-state index contributed by atoms with van der Waals surface area (Å²) in [6, 6.07) is 12.6. The molecule has 0 spiro atoms. The van der Waals surface area contributed by atoms with Crippen molar-refractivity contribution in [2.24, 2.45) is 0 Å². The highest BCUT2D eigenvalue weighted by Gasteiger charge is 2.36. The largest absolute Gasteiger partial charge is 0.497 e. The summed E-state index contributed by atoms with van der Waals surface area (Å²) in [5.41, 5.74) is 2.44. The molecule has 0 fully saturated rings. The molecule has 1 aliphatic rings. The van der Waals surface area contributed by atoms with E-state index in [4.69, 9.17) is 14.2 Å². The first-order valence-corrected chi connectivity index (χ1v) is 11.0. The monoisotopic (exact) mass is 465 g/mol. The number of methoxy groups -OCH3 is 2. The fourth-order valence-electron chi connectivity index (χ4n) is 3.99. The quantitative estimate of drug-likeness (QED) is 0.446. The zero-order valence-corrected chi connectivity index (χ0v) is 19.0. The van der Waals surface area contributed by atoms with Crippen LogP contribution >= 0.6 is 11.3 Å². The average Bonchev–Trinajstić information content (AvgIpc) is 3.21. The third-order valence-electron chi connectivity index (χ3n) is 5.43. The van der Waals surface area contributed by atoms with Gasteiger partial charge in [-0.3, -0.25) is 4.79 Å². The van der Waals surface area contributed by atoms with Crippen molar-refractivity contribution in [3.05, 3.63) is 70.4 Å². The van der Waals surface area contributed by atoms with Crippen LogP contribution in [0.15, 0.2) is 55.1 Å². The average molecular weight is 466 g/mol. The van der Waals surface area contributed by atoms with Crippen molar-refractivity contribution in [2.45, 2.75) is 12.3 Å². The molecule has 0 saturated carbocycles. The number of carbonyl (C=O) groups excluding carboxylic acids is 1. The molecule has 0 saturated heterocycles. The molecule has 33 heavy (non-hydrogen) atoms. The lowest BCUT2D eigenvalue weighted by atomic mass is 9.88. The number of amides is 1. The van der Waals surface area contributed by atoms with Crippen molar-refractivity contribution in [1.29, 1.82) is 0 Å². The molecule has 1 aromatic heterocycles. The Hall–Kier alpha value is -3.78. The molecule has 2 aromatic carbocycles. The summed E-state index contributed by atoms with van der Waals surface area (Å²) in [6.45, 7) is 3.96. The van der Waals surface area contributed by atoms with E-state index in [1.165, 1.54) is 0 Å². The van der Waals surface area contributed by atoms with Crippen LogP contribution in [0.1, 0.15) is 32.5 Å². The highest BCUT2D eigenvalue weighted by Crippen LogP contribution is 2.52. The SMILES string of the molecule is C=CCOc1c(OC)cccc1[C@H]1CC(=O)Nc2c1sc(C(=O)O)c2-c1ccc(OC)cc1. The molecular weight excluding hydrogens is 442 g/mol. The molecule has 1 aliphatic heterocycles. The minimum Gasteiger partial charge on any atom is -0.497 e. The minimum atomic E-state index is -1.05.